The van der Waals surface area contributed by atoms with Gasteiger partial charge in [0.1, 0.15) is 12.7 Å². The molecule has 0 aliphatic heterocycles. The van der Waals surface area contributed by atoms with Crippen molar-refractivity contribution in [2.45, 2.75) is 26.6 Å². The van der Waals surface area contributed by atoms with Crippen LogP contribution in [0.2, 0.25) is 0 Å². The standard InChI is InChI=1S/C20H23N5O/c1-16-5-3-4-6-19(16)13-24(2)20(26)22-11-17-7-9-18(10-8-17)12-25-15-21-14-23-25/h3-10,14-15H,11-13H2,1-2H3,(H,22,26). The normalized spacial score (nSPS) is 10.5. The van der Waals surface area contributed by atoms with Crippen molar-refractivity contribution < 1.29 is 4.79 Å². The molecule has 0 bridgehead atoms. The van der Waals surface area contributed by atoms with Gasteiger partial charge < -0.3 is 10.2 Å². The fourth-order valence-corrected chi connectivity index (χ4v) is 2.69. The summed E-state index contributed by atoms with van der Waals surface area (Å²) in [6.45, 7) is 3.84. The van der Waals surface area contributed by atoms with Crippen molar-refractivity contribution in [2.75, 3.05) is 7.05 Å². The molecule has 0 fully saturated rings. The van der Waals surface area contributed by atoms with Crippen molar-refractivity contribution in [3.63, 3.8) is 0 Å². The number of urea groups is 1. The van der Waals surface area contributed by atoms with Gasteiger partial charge in [-0.2, -0.15) is 5.10 Å². The minimum absolute atomic E-state index is 0.0834. The first-order valence-corrected chi connectivity index (χ1v) is 8.55. The molecule has 1 heterocycles. The van der Waals surface area contributed by atoms with E-state index in [1.165, 1.54) is 11.9 Å². The van der Waals surface area contributed by atoms with Crippen LogP contribution in [0, 0.1) is 6.92 Å². The van der Waals surface area contributed by atoms with Crippen LogP contribution in [0.3, 0.4) is 0 Å². The lowest BCUT2D eigenvalue weighted by molar-refractivity contribution is 0.206. The average molecular weight is 349 g/mol. The third-order valence-corrected chi connectivity index (χ3v) is 4.29. The maximum Gasteiger partial charge on any atom is 0.317 e. The summed E-state index contributed by atoms with van der Waals surface area (Å²) in [5.74, 6) is 0. The van der Waals surface area contributed by atoms with Gasteiger partial charge in [0.2, 0.25) is 0 Å². The number of aryl methyl sites for hydroxylation is 1. The van der Waals surface area contributed by atoms with Crippen LogP contribution in [-0.2, 0) is 19.6 Å². The summed E-state index contributed by atoms with van der Waals surface area (Å²) >= 11 is 0. The molecule has 3 rings (SSSR count). The number of amides is 2. The monoisotopic (exact) mass is 349 g/mol. The number of hydrogen-bond acceptors (Lipinski definition) is 3. The highest BCUT2D eigenvalue weighted by Gasteiger charge is 2.09. The van der Waals surface area contributed by atoms with Gasteiger partial charge in [0.25, 0.3) is 0 Å². The van der Waals surface area contributed by atoms with Gasteiger partial charge >= 0.3 is 6.03 Å². The smallest absolute Gasteiger partial charge is 0.317 e. The molecule has 0 saturated carbocycles. The minimum Gasteiger partial charge on any atom is -0.334 e. The lowest BCUT2D eigenvalue weighted by atomic mass is 10.1. The Bertz CT molecular complexity index is 843. The van der Waals surface area contributed by atoms with Crippen molar-refractivity contribution in [2.24, 2.45) is 0 Å². The highest BCUT2D eigenvalue weighted by molar-refractivity contribution is 5.73. The number of benzene rings is 2. The number of hydrogen-bond donors (Lipinski definition) is 1. The first kappa shape index (κ1) is 17.7. The second-order valence-corrected chi connectivity index (χ2v) is 6.35. The van der Waals surface area contributed by atoms with E-state index in [2.05, 4.69) is 28.4 Å². The van der Waals surface area contributed by atoms with Crippen molar-refractivity contribution >= 4 is 6.03 Å². The Labute approximate surface area is 153 Å². The van der Waals surface area contributed by atoms with Crippen LogP contribution >= 0.6 is 0 Å². The molecule has 0 aliphatic rings. The Balaban J connectivity index is 1.50. The van der Waals surface area contributed by atoms with Gasteiger partial charge in [0.05, 0.1) is 6.54 Å². The number of nitrogens with one attached hydrogen (secondary N) is 1. The van der Waals surface area contributed by atoms with Crippen molar-refractivity contribution in [3.8, 4) is 0 Å². The van der Waals surface area contributed by atoms with E-state index < -0.39 is 0 Å². The van der Waals surface area contributed by atoms with Crippen molar-refractivity contribution in [1.82, 2.24) is 25.0 Å². The zero-order chi connectivity index (χ0) is 18.4. The van der Waals surface area contributed by atoms with Crippen molar-refractivity contribution in [3.05, 3.63) is 83.4 Å². The fourth-order valence-electron chi connectivity index (χ4n) is 2.69. The molecule has 134 valence electrons. The molecule has 2 aromatic carbocycles. The molecule has 6 nitrogen and oxygen atoms in total. The molecular formula is C20H23N5O. The minimum atomic E-state index is -0.0834. The molecule has 0 unspecified atom stereocenters. The molecule has 0 saturated heterocycles. The molecule has 0 spiro atoms. The number of carbonyl (C=O) groups excluding carboxylic acids is 1. The van der Waals surface area contributed by atoms with Crippen LogP contribution in [0.15, 0.2) is 61.2 Å². The van der Waals surface area contributed by atoms with Crippen molar-refractivity contribution in [1.29, 1.82) is 0 Å². The molecule has 0 aliphatic carbocycles. The third kappa shape index (κ3) is 4.69. The summed E-state index contributed by atoms with van der Waals surface area (Å²) in [6.07, 6.45) is 3.22. The quantitative estimate of drug-likeness (QED) is 0.744. The van der Waals surface area contributed by atoms with Gasteiger partial charge in [-0.15, -0.1) is 0 Å². The van der Waals surface area contributed by atoms with Crippen LogP contribution in [0.5, 0.6) is 0 Å². The molecular weight excluding hydrogens is 326 g/mol. The predicted molar refractivity (Wildman–Crippen MR) is 100 cm³/mol. The number of rotatable bonds is 6. The van der Waals surface area contributed by atoms with Crippen LogP contribution < -0.4 is 5.32 Å². The van der Waals surface area contributed by atoms with Gasteiger partial charge in [-0.05, 0) is 29.2 Å². The second-order valence-electron chi connectivity index (χ2n) is 6.35. The summed E-state index contributed by atoms with van der Waals surface area (Å²) in [5, 5.41) is 7.06. The Morgan fingerprint density at radius 1 is 1.12 bits per heavy atom. The number of nitrogens with zero attached hydrogens (tertiary/aromatic N) is 4. The zero-order valence-corrected chi connectivity index (χ0v) is 15.1. The van der Waals surface area contributed by atoms with E-state index in [9.17, 15) is 4.79 Å². The Hall–Kier alpha value is -3.15. The van der Waals surface area contributed by atoms with Gasteiger partial charge in [-0.1, -0.05) is 48.5 Å². The van der Waals surface area contributed by atoms with E-state index in [-0.39, 0.29) is 6.03 Å². The zero-order valence-electron chi connectivity index (χ0n) is 15.1. The first-order chi connectivity index (χ1) is 12.6. The molecule has 26 heavy (non-hydrogen) atoms. The lowest BCUT2D eigenvalue weighted by Crippen LogP contribution is -2.36. The Morgan fingerprint density at radius 3 is 2.54 bits per heavy atom. The van der Waals surface area contributed by atoms with Gasteiger partial charge in [-0.25, -0.2) is 14.5 Å². The second kappa shape index (κ2) is 8.29. The summed E-state index contributed by atoms with van der Waals surface area (Å²) in [5.41, 5.74) is 4.55. The lowest BCUT2D eigenvalue weighted by Gasteiger charge is -2.19. The number of carbonyl (C=O) groups is 1. The molecule has 0 radical (unpaired) electrons. The van der Waals surface area contributed by atoms with Crippen LogP contribution in [0.1, 0.15) is 22.3 Å². The maximum atomic E-state index is 12.3. The predicted octanol–water partition coefficient (Wildman–Crippen LogP) is 2.98. The van der Waals surface area contributed by atoms with Gasteiger partial charge in [0, 0.05) is 20.1 Å². The summed E-state index contributed by atoms with van der Waals surface area (Å²) in [6, 6.07) is 16.2. The summed E-state index contributed by atoms with van der Waals surface area (Å²) in [7, 11) is 1.81. The average Bonchev–Trinajstić information content (AvgIpc) is 3.16. The van der Waals surface area contributed by atoms with E-state index in [1.54, 1.807) is 15.9 Å². The van der Waals surface area contributed by atoms with E-state index in [0.29, 0.717) is 19.6 Å². The fraction of sp³-hybridized carbons (Fsp3) is 0.250. The summed E-state index contributed by atoms with van der Waals surface area (Å²) < 4.78 is 1.78. The van der Waals surface area contributed by atoms with E-state index in [1.807, 2.05) is 49.5 Å². The highest BCUT2D eigenvalue weighted by atomic mass is 16.2. The third-order valence-electron chi connectivity index (χ3n) is 4.29. The van der Waals surface area contributed by atoms with Gasteiger partial charge in [0.15, 0.2) is 0 Å². The molecule has 3 aromatic rings. The van der Waals surface area contributed by atoms with E-state index >= 15 is 0 Å². The molecule has 6 heteroatoms. The van der Waals surface area contributed by atoms with E-state index in [0.717, 1.165) is 16.7 Å². The topological polar surface area (TPSA) is 63.1 Å². The SMILES string of the molecule is Cc1ccccc1CN(C)C(=O)NCc1ccc(Cn2cncn2)cc1. The van der Waals surface area contributed by atoms with Crippen LogP contribution in [0.25, 0.3) is 0 Å². The van der Waals surface area contributed by atoms with Crippen LogP contribution in [-0.4, -0.2) is 32.7 Å². The maximum absolute atomic E-state index is 12.3. The Morgan fingerprint density at radius 2 is 1.85 bits per heavy atom. The molecule has 2 amide bonds. The molecule has 1 N–H and O–H groups in total. The largest absolute Gasteiger partial charge is 0.334 e. The molecule has 1 aromatic heterocycles. The van der Waals surface area contributed by atoms with E-state index in [4.69, 9.17) is 0 Å². The first-order valence-electron chi connectivity index (χ1n) is 8.55. The summed E-state index contributed by atoms with van der Waals surface area (Å²) in [4.78, 5) is 17.9. The van der Waals surface area contributed by atoms with Crippen LogP contribution in [0.4, 0.5) is 4.79 Å². The highest BCUT2D eigenvalue weighted by Crippen LogP contribution is 2.10. The number of aromatic nitrogens is 3. The molecule has 0 atom stereocenters. The van der Waals surface area contributed by atoms with Gasteiger partial charge in [-0.3, -0.25) is 0 Å². The Kier molecular flexibility index (Phi) is 5.63.